The van der Waals surface area contributed by atoms with Crippen LogP contribution in [0, 0.1) is 0 Å². The third-order valence-electron chi connectivity index (χ3n) is 3.06. The molecule has 27 heavy (non-hydrogen) atoms. The summed E-state index contributed by atoms with van der Waals surface area (Å²) >= 11 is 0. The summed E-state index contributed by atoms with van der Waals surface area (Å²) in [6, 6.07) is 7.14. The minimum Gasteiger partial charge on any atom is -0.484 e. The first kappa shape index (κ1) is 19.8. The Bertz CT molecular complexity index is 806. The molecule has 0 fully saturated rings. The molecule has 0 aliphatic carbocycles. The van der Waals surface area contributed by atoms with Crippen molar-refractivity contribution in [2.24, 2.45) is 0 Å². The Morgan fingerprint density at radius 2 is 1.81 bits per heavy atom. The second-order valence-electron chi connectivity index (χ2n) is 5.08. The largest absolute Gasteiger partial charge is 0.484 e. The zero-order valence-electron chi connectivity index (χ0n) is 13.6. The van der Waals surface area contributed by atoms with Crippen molar-refractivity contribution in [1.29, 1.82) is 0 Å². The molecule has 3 amide bonds. The maximum atomic E-state index is 12.6. The number of carbonyl (C=O) groups excluding carboxylic acids is 3. The molecule has 0 saturated heterocycles. The molecule has 0 saturated carbocycles. The van der Waals surface area contributed by atoms with E-state index in [1.165, 1.54) is 12.3 Å². The van der Waals surface area contributed by atoms with Crippen LogP contribution >= 0.6 is 0 Å². The fourth-order valence-corrected chi connectivity index (χ4v) is 1.79. The fraction of sp³-hybridized carbons (Fsp3) is 0.188. The predicted octanol–water partition coefficient (Wildman–Crippen LogP) is 1.14. The highest BCUT2D eigenvalue weighted by Gasteiger charge is 2.30. The number of ether oxygens (including phenoxy) is 1. The van der Waals surface area contributed by atoms with Crippen molar-refractivity contribution in [2.75, 3.05) is 6.61 Å². The Hall–Kier alpha value is -3.50. The molecule has 0 atom stereocenters. The molecule has 2 rings (SSSR count). The fourth-order valence-electron chi connectivity index (χ4n) is 1.79. The summed E-state index contributed by atoms with van der Waals surface area (Å²) in [4.78, 5) is 34.6. The van der Waals surface area contributed by atoms with Gasteiger partial charge in [0.25, 0.3) is 5.91 Å². The summed E-state index contributed by atoms with van der Waals surface area (Å²) in [6.45, 7) is -0.693. The first-order chi connectivity index (χ1) is 12.8. The van der Waals surface area contributed by atoms with E-state index in [0.29, 0.717) is 5.76 Å². The topological polar surface area (TPSA) is 110 Å². The lowest BCUT2D eigenvalue weighted by molar-refractivity contribution is -0.141. The van der Waals surface area contributed by atoms with Crippen LogP contribution in [0.3, 0.4) is 0 Å². The van der Waals surface area contributed by atoms with Crippen molar-refractivity contribution in [1.82, 2.24) is 16.2 Å². The van der Waals surface area contributed by atoms with Gasteiger partial charge in [0.15, 0.2) is 6.61 Å². The average Bonchev–Trinajstić information content (AvgIpc) is 3.15. The van der Waals surface area contributed by atoms with Gasteiger partial charge in [-0.3, -0.25) is 25.2 Å². The summed E-state index contributed by atoms with van der Waals surface area (Å²) in [6.07, 6.45) is -3.15. The van der Waals surface area contributed by atoms with Gasteiger partial charge in [0.1, 0.15) is 11.5 Å². The number of alkyl halides is 3. The van der Waals surface area contributed by atoms with Gasteiger partial charge >= 0.3 is 18.0 Å². The van der Waals surface area contributed by atoms with E-state index in [0.717, 1.165) is 18.2 Å². The molecule has 1 aromatic heterocycles. The second-order valence-corrected chi connectivity index (χ2v) is 5.08. The zero-order chi connectivity index (χ0) is 19.9. The number of benzene rings is 1. The molecule has 3 N–H and O–H groups in total. The number of furan rings is 1. The maximum absolute atomic E-state index is 12.6. The highest BCUT2D eigenvalue weighted by atomic mass is 19.4. The molecule has 2 aromatic rings. The number of halogens is 3. The third kappa shape index (κ3) is 6.38. The van der Waals surface area contributed by atoms with E-state index in [4.69, 9.17) is 9.15 Å². The molecular weight excluding hydrogens is 371 g/mol. The van der Waals surface area contributed by atoms with E-state index < -0.39 is 36.1 Å². The SMILES string of the molecule is O=C(COc1cccc(C(F)(F)F)c1)NNC(=O)C(=O)NCc1ccco1. The van der Waals surface area contributed by atoms with Crippen molar-refractivity contribution >= 4 is 17.7 Å². The van der Waals surface area contributed by atoms with Crippen LogP contribution in [0.1, 0.15) is 11.3 Å². The van der Waals surface area contributed by atoms with E-state index in [1.54, 1.807) is 12.1 Å². The van der Waals surface area contributed by atoms with Gasteiger partial charge in [0, 0.05) is 0 Å². The summed E-state index contributed by atoms with van der Waals surface area (Å²) in [7, 11) is 0. The quantitative estimate of drug-likeness (QED) is 0.528. The van der Waals surface area contributed by atoms with Crippen molar-refractivity contribution in [3.8, 4) is 5.75 Å². The zero-order valence-corrected chi connectivity index (χ0v) is 13.6. The van der Waals surface area contributed by atoms with E-state index in [9.17, 15) is 27.6 Å². The molecule has 1 aromatic carbocycles. The summed E-state index contributed by atoms with van der Waals surface area (Å²) in [5, 5.41) is 2.25. The van der Waals surface area contributed by atoms with Crippen LogP contribution in [0.2, 0.25) is 0 Å². The standard InChI is InChI=1S/C16H14F3N3O5/c17-16(18,19)10-3-1-4-11(7-10)27-9-13(23)21-22-15(25)14(24)20-8-12-5-2-6-26-12/h1-7H,8-9H2,(H,20,24)(H,21,23)(H,22,25). The van der Waals surface area contributed by atoms with E-state index in [1.807, 2.05) is 10.9 Å². The molecule has 0 aliphatic heterocycles. The molecule has 11 heteroatoms. The second kappa shape index (κ2) is 8.74. The monoisotopic (exact) mass is 385 g/mol. The number of hydrogen-bond acceptors (Lipinski definition) is 5. The molecule has 0 bridgehead atoms. The molecule has 0 unspecified atom stereocenters. The van der Waals surface area contributed by atoms with Crippen molar-refractivity contribution in [3.63, 3.8) is 0 Å². The van der Waals surface area contributed by atoms with Crippen molar-refractivity contribution < 1.29 is 36.7 Å². The lowest BCUT2D eigenvalue weighted by Gasteiger charge is -2.11. The number of hydrazine groups is 1. The Labute approximate surface area is 150 Å². The van der Waals surface area contributed by atoms with Gasteiger partial charge in [-0.2, -0.15) is 13.2 Å². The van der Waals surface area contributed by atoms with Crippen LogP contribution in [0.25, 0.3) is 0 Å². The molecule has 0 aliphatic rings. The first-order valence-corrected chi connectivity index (χ1v) is 7.45. The van der Waals surface area contributed by atoms with Gasteiger partial charge in [-0.1, -0.05) is 6.07 Å². The number of nitrogens with one attached hydrogen (secondary N) is 3. The molecule has 0 spiro atoms. The van der Waals surface area contributed by atoms with Crippen LogP contribution in [0.4, 0.5) is 13.2 Å². The van der Waals surface area contributed by atoms with Crippen LogP contribution in [0.5, 0.6) is 5.75 Å². The van der Waals surface area contributed by atoms with E-state index in [2.05, 4.69) is 5.32 Å². The maximum Gasteiger partial charge on any atom is 0.416 e. The highest BCUT2D eigenvalue weighted by Crippen LogP contribution is 2.31. The molecule has 1 heterocycles. The Morgan fingerprint density at radius 3 is 2.48 bits per heavy atom. The molecule has 144 valence electrons. The van der Waals surface area contributed by atoms with Crippen LogP contribution in [0.15, 0.2) is 47.1 Å². The van der Waals surface area contributed by atoms with Crippen molar-refractivity contribution in [2.45, 2.75) is 12.7 Å². The first-order valence-electron chi connectivity index (χ1n) is 7.45. The van der Waals surface area contributed by atoms with E-state index >= 15 is 0 Å². The van der Waals surface area contributed by atoms with Gasteiger partial charge < -0.3 is 14.5 Å². The Morgan fingerprint density at radius 1 is 1.04 bits per heavy atom. The van der Waals surface area contributed by atoms with E-state index in [-0.39, 0.29) is 12.3 Å². The lowest BCUT2D eigenvalue weighted by atomic mass is 10.2. The van der Waals surface area contributed by atoms with Crippen molar-refractivity contribution in [3.05, 3.63) is 54.0 Å². The predicted molar refractivity (Wildman–Crippen MR) is 83.8 cm³/mol. The van der Waals surface area contributed by atoms with Gasteiger partial charge in [0.05, 0.1) is 18.4 Å². The van der Waals surface area contributed by atoms with Crippen LogP contribution in [-0.4, -0.2) is 24.3 Å². The smallest absolute Gasteiger partial charge is 0.416 e. The number of rotatable bonds is 5. The minimum atomic E-state index is -4.54. The molecule has 0 radical (unpaired) electrons. The van der Waals surface area contributed by atoms with Crippen LogP contribution < -0.4 is 20.9 Å². The summed E-state index contributed by atoms with van der Waals surface area (Å²) < 4.78 is 47.6. The van der Waals surface area contributed by atoms with Gasteiger partial charge in [-0.25, -0.2) is 0 Å². The number of hydrogen-bond donors (Lipinski definition) is 3. The summed E-state index contributed by atoms with van der Waals surface area (Å²) in [5.41, 5.74) is 2.82. The molecule has 8 nitrogen and oxygen atoms in total. The normalized spacial score (nSPS) is 10.8. The van der Waals surface area contributed by atoms with Crippen LogP contribution in [-0.2, 0) is 27.1 Å². The number of amides is 3. The Kier molecular flexibility index (Phi) is 6.41. The number of carbonyl (C=O) groups is 3. The lowest BCUT2D eigenvalue weighted by Crippen LogP contribution is -2.49. The summed E-state index contributed by atoms with van der Waals surface area (Å²) in [5.74, 6) is -2.80. The highest BCUT2D eigenvalue weighted by molar-refractivity contribution is 6.35. The van der Waals surface area contributed by atoms with Gasteiger partial charge in [-0.05, 0) is 30.3 Å². The van der Waals surface area contributed by atoms with Gasteiger partial charge in [-0.15, -0.1) is 0 Å². The van der Waals surface area contributed by atoms with Gasteiger partial charge in [0.2, 0.25) is 0 Å². The minimum absolute atomic E-state index is 0.0220. The Balaban J connectivity index is 1.72. The third-order valence-corrected chi connectivity index (χ3v) is 3.06. The molecular formula is C16H14F3N3O5. The average molecular weight is 385 g/mol.